The van der Waals surface area contributed by atoms with Gasteiger partial charge >= 0.3 is 0 Å². The molecular weight excluding hydrogens is 253 g/mol. The third-order valence-electron chi connectivity index (χ3n) is 2.87. The van der Waals surface area contributed by atoms with Gasteiger partial charge in [-0.05, 0) is 31.5 Å². The predicted octanol–water partition coefficient (Wildman–Crippen LogP) is 4.78. The van der Waals surface area contributed by atoms with Crippen LogP contribution in [0.5, 0.6) is 0 Å². The maximum atomic E-state index is 13.1. The molecule has 0 radical (unpaired) electrons. The van der Waals surface area contributed by atoms with E-state index in [0.29, 0.717) is 0 Å². The van der Waals surface area contributed by atoms with E-state index >= 15 is 0 Å². The van der Waals surface area contributed by atoms with Crippen molar-refractivity contribution in [3.05, 3.63) is 39.8 Å². The molecule has 3 aromatic rings. The quantitative estimate of drug-likeness (QED) is 0.615. The number of thiazole rings is 1. The van der Waals surface area contributed by atoms with Crippen molar-refractivity contribution < 1.29 is 4.39 Å². The van der Waals surface area contributed by atoms with Crippen molar-refractivity contribution in [1.29, 1.82) is 0 Å². The van der Waals surface area contributed by atoms with Gasteiger partial charge in [0.15, 0.2) is 0 Å². The lowest BCUT2D eigenvalue weighted by molar-refractivity contribution is 0.629. The second kappa shape index (κ2) is 3.89. The highest BCUT2D eigenvalue weighted by Gasteiger charge is 2.11. The zero-order chi connectivity index (χ0) is 12.0. The molecule has 0 saturated carbocycles. The number of benzene rings is 1. The zero-order valence-corrected chi connectivity index (χ0v) is 11.1. The molecule has 0 fully saturated rings. The number of aryl methyl sites for hydroxylation is 1. The Kier molecular flexibility index (Phi) is 2.49. The fourth-order valence-electron chi connectivity index (χ4n) is 1.74. The molecule has 0 spiro atoms. The molecular formula is C13H10FNS2. The number of fused-ring (bicyclic) bond motifs is 1. The summed E-state index contributed by atoms with van der Waals surface area (Å²) in [6.07, 6.45) is 0. The van der Waals surface area contributed by atoms with Crippen molar-refractivity contribution in [3.8, 4) is 10.6 Å². The van der Waals surface area contributed by atoms with Gasteiger partial charge in [-0.15, -0.1) is 22.7 Å². The highest BCUT2D eigenvalue weighted by Crippen LogP contribution is 2.35. The number of thiophene rings is 1. The van der Waals surface area contributed by atoms with Crippen LogP contribution in [0.15, 0.2) is 23.6 Å². The van der Waals surface area contributed by atoms with Gasteiger partial charge in [0.1, 0.15) is 10.8 Å². The normalized spacial score (nSPS) is 11.2. The van der Waals surface area contributed by atoms with E-state index in [9.17, 15) is 4.39 Å². The highest BCUT2D eigenvalue weighted by molar-refractivity contribution is 7.22. The van der Waals surface area contributed by atoms with Gasteiger partial charge in [0.2, 0.25) is 0 Å². The summed E-state index contributed by atoms with van der Waals surface area (Å²) in [5, 5.41) is 3.10. The summed E-state index contributed by atoms with van der Waals surface area (Å²) in [7, 11) is 0. The smallest absolute Gasteiger partial charge is 0.125 e. The van der Waals surface area contributed by atoms with E-state index in [-0.39, 0.29) is 5.82 Å². The minimum absolute atomic E-state index is 0.229. The maximum Gasteiger partial charge on any atom is 0.125 e. The molecule has 1 nitrogen and oxygen atoms in total. The molecule has 0 unspecified atom stereocenters. The van der Waals surface area contributed by atoms with Gasteiger partial charge in [-0.1, -0.05) is 0 Å². The molecule has 0 saturated heterocycles. The average Bonchev–Trinajstić information content (AvgIpc) is 2.83. The predicted molar refractivity (Wildman–Crippen MR) is 72.4 cm³/mol. The second-order valence-corrected chi connectivity index (χ2v) is 6.08. The van der Waals surface area contributed by atoms with Crippen molar-refractivity contribution in [1.82, 2.24) is 4.98 Å². The Morgan fingerprint density at radius 3 is 2.76 bits per heavy atom. The fourth-order valence-corrected chi connectivity index (χ4v) is 3.70. The topological polar surface area (TPSA) is 12.9 Å². The number of rotatable bonds is 1. The summed E-state index contributed by atoms with van der Waals surface area (Å²) in [6.45, 7) is 4.21. The largest absolute Gasteiger partial charge is 0.236 e. The summed E-state index contributed by atoms with van der Waals surface area (Å²) in [5.74, 6) is -0.229. The molecule has 0 atom stereocenters. The first kappa shape index (κ1) is 10.9. The standard InChI is InChI=1S/C13H10FNS2/c1-7-8(2)16-6-10(7)13-15-11-5-9(14)3-4-12(11)17-13/h3-6H,1-2H3. The van der Waals surface area contributed by atoms with Gasteiger partial charge in [0.05, 0.1) is 10.2 Å². The SMILES string of the molecule is Cc1scc(-c2nc3cc(F)ccc3s2)c1C. The Morgan fingerprint density at radius 1 is 1.24 bits per heavy atom. The lowest BCUT2D eigenvalue weighted by Crippen LogP contribution is -1.77. The van der Waals surface area contributed by atoms with Gasteiger partial charge in [-0.3, -0.25) is 0 Å². The molecule has 3 rings (SSSR count). The Morgan fingerprint density at radius 2 is 2.06 bits per heavy atom. The molecule has 0 amide bonds. The van der Waals surface area contributed by atoms with E-state index in [1.807, 2.05) is 0 Å². The van der Waals surface area contributed by atoms with E-state index in [0.717, 1.165) is 15.2 Å². The van der Waals surface area contributed by atoms with Crippen molar-refractivity contribution in [3.63, 3.8) is 0 Å². The molecule has 0 bridgehead atoms. The summed E-state index contributed by atoms with van der Waals surface area (Å²) < 4.78 is 14.1. The van der Waals surface area contributed by atoms with Gasteiger partial charge < -0.3 is 0 Å². The molecule has 1 aromatic carbocycles. The average molecular weight is 263 g/mol. The summed E-state index contributed by atoms with van der Waals surface area (Å²) >= 11 is 3.35. The van der Waals surface area contributed by atoms with Crippen LogP contribution >= 0.6 is 22.7 Å². The van der Waals surface area contributed by atoms with Crippen molar-refractivity contribution in [2.24, 2.45) is 0 Å². The zero-order valence-electron chi connectivity index (χ0n) is 9.45. The Balaban J connectivity index is 2.21. The van der Waals surface area contributed by atoms with Crippen LogP contribution in [0.3, 0.4) is 0 Å². The molecule has 0 aliphatic carbocycles. The maximum absolute atomic E-state index is 13.1. The summed E-state index contributed by atoms with van der Waals surface area (Å²) in [6, 6.07) is 4.76. The number of nitrogens with zero attached hydrogens (tertiary/aromatic N) is 1. The summed E-state index contributed by atoms with van der Waals surface area (Å²) in [4.78, 5) is 5.81. The Bertz CT molecular complexity index is 697. The van der Waals surface area contributed by atoms with Crippen LogP contribution in [0, 0.1) is 19.7 Å². The molecule has 4 heteroatoms. The van der Waals surface area contributed by atoms with E-state index in [1.165, 1.54) is 28.1 Å². The Labute approximate surface area is 107 Å². The Hall–Kier alpha value is -1.26. The number of aromatic nitrogens is 1. The minimum Gasteiger partial charge on any atom is -0.236 e. The molecule has 0 aliphatic rings. The van der Waals surface area contributed by atoms with Crippen molar-refractivity contribution in [2.75, 3.05) is 0 Å². The second-order valence-electron chi connectivity index (χ2n) is 3.96. The third-order valence-corrected chi connectivity index (χ3v) is 4.95. The van der Waals surface area contributed by atoms with Crippen LogP contribution in [-0.2, 0) is 0 Å². The molecule has 17 heavy (non-hydrogen) atoms. The van der Waals surface area contributed by atoms with Crippen LogP contribution in [-0.4, -0.2) is 4.98 Å². The lowest BCUT2D eigenvalue weighted by atomic mass is 10.2. The molecule has 0 aliphatic heterocycles. The van der Waals surface area contributed by atoms with Crippen LogP contribution in [0.25, 0.3) is 20.8 Å². The van der Waals surface area contributed by atoms with Crippen LogP contribution in [0.1, 0.15) is 10.4 Å². The van der Waals surface area contributed by atoms with E-state index in [2.05, 4.69) is 24.2 Å². The van der Waals surface area contributed by atoms with Gasteiger partial charge in [0.25, 0.3) is 0 Å². The minimum atomic E-state index is -0.229. The van der Waals surface area contributed by atoms with E-state index in [1.54, 1.807) is 28.7 Å². The number of halogens is 1. The van der Waals surface area contributed by atoms with E-state index in [4.69, 9.17) is 0 Å². The molecule has 86 valence electrons. The van der Waals surface area contributed by atoms with Crippen molar-refractivity contribution in [2.45, 2.75) is 13.8 Å². The van der Waals surface area contributed by atoms with Crippen molar-refractivity contribution >= 4 is 32.9 Å². The van der Waals surface area contributed by atoms with Crippen LogP contribution in [0.4, 0.5) is 4.39 Å². The monoisotopic (exact) mass is 263 g/mol. The third kappa shape index (κ3) is 1.77. The van der Waals surface area contributed by atoms with Crippen LogP contribution < -0.4 is 0 Å². The first-order chi connectivity index (χ1) is 8.15. The lowest BCUT2D eigenvalue weighted by Gasteiger charge is -1.93. The number of hydrogen-bond donors (Lipinski definition) is 0. The first-order valence-corrected chi connectivity index (χ1v) is 6.96. The first-order valence-electron chi connectivity index (χ1n) is 5.26. The van der Waals surface area contributed by atoms with Gasteiger partial charge in [0, 0.05) is 21.9 Å². The van der Waals surface area contributed by atoms with Gasteiger partial charge in [-0.25, -0.2) is 9.37 Å². The van der Waals surface area contributed by atoms with Crippen LogP contribution in [0.2, 0.25) is 0 Å². The molecule has 0 N–H and O–H groups in total. The van der Waals surface area contributed by atoms with Gasteiger partial charge in [-0.2, -0.15) is 0 Å². The van der Waals surface area contributed by atoms with E-state index < -0.39 is 0 Å². The highest BCUT2D eigenvalue weighted by atomic mass is 32.1. The summed E-state index contributed by atoms with van der Waals surface area (Å²) in [5.41, 5.74) is 3.19. The molecule has 2 heterocycles. The molecule has 2 aromatic heterocycles. The fraction of sp³-hybridized carbons (Fsp3) is 0.154. The number of hydrogen-bond acceptors (Lipinski definition) is 3.